The zero-order chi connectivity index (χ0) is 25.8. The number of benzene rings is 2. The number of nitrogens with zero attached hydrogens (tertiary/aromatic N) is 4. The predicted octanol–water partition coefficient (Wildman–Crippen LogP) is 4.50. The maximum atomic E-state index is 13.7. The van der Waals surface area contributed by atoms with E-state index in [0.717, 1.165) is 35.5 Å². The summed E-state index contributed by atoms with van der Waals surface area (Å²) in [6.45, 7) is 6.57. The van der Waals surface area contributed by atoms with Crippen molar-refractivity contribution in [2.45, 2.75) is 51.0 Å². The maximum Gasteiger partial charge on any atom is 0.263 e. The Morgan fingerprint density at radius 2 is 2.00 bits per heavy atom. The van der Waals surface area contributed by atoms with E-state index < -0.39 is 11.8 Å². The molecule has 0 amide bonds. The van der Waals surface area contributed by atoms with Gasteiger partial charge in [-0.15, -0.1) is 0 Å². The number of amidine groups is 1. The molecular formula is C28H29FN4O4. The van der Waals surface area contributed by atoms with Gasteiger partial charge in [0.2, 0.25) is 5.84 Å². The van der Waals surface area contributed by atoms with Crippen molar-refractivity contribution in [1.82, 2.24) is 14.5 Å². The van der Waals surface area contributed by atoms with Gasteiger partial charge >= 0.3 is 0 Å². The Bertz CT molecular complexity index is 1390. The highest BCUT2D eigenvalue weighted by Crippen LogP contribution is 2.51. The van der Waals surface area contributed by atoms with E-state index in [1.165, 1.54) is 12.1 Å². The lowest BCUT2D eigenvalue weighted by molar-refractivity contribution is -0.182. The van der Waals surface area contributed by atoms with Crippen LogP contribution in [0.3, 0.4) is 0 Å². The van der Waals surface area contributed by atoms with Gasteiger partial charge in [-0.25, -0.2) is 9.37 Å². The van der Waals surface area contributed by atoms with Gasteiger partial charge in [0.1, 0.15) is 23.3 Å². The summed E-state index contributed by atoms with van der Waals surface area (Å²) in [7, 11) is 0. The molecule has 6 rings (SSSR count). The topological polar surface area (TPSA) is 81.3 Å². The molecule has 2 aliphatic heterocycles. The Hall–Kier alpha value is -3.85. The van der Waals surface area contributed by atoms with Crippen LogP contribution in [0, 0.1) is 12.7 Å². The van der Waals surface area contributed by atoms with Gasteiger partial charge in [0.15, 0.2) is 5.76 Å². The first-order valence-corrected chi connectivity index (χ1v) is 12.5. The molecule has 0 radical (unpaired) electrons. The van der Waals surface area contributed by atoms with E-state index >= 15 is 0 Å². The first-order chi connectivity index (χ1) is 17.8. The van der Waals surface area contributed by atoms with Gasteiger partial charge in [-0.05, 0) is 81.7 Å². The zero-order valence-corrected chi connectivity index (χ0v) is 21.0. The zero-order valence-electron chi connectivity index (χ0n) is 21.0. The molecule has 3 aliphatic rings. The summed E-state index contributed by atoms with van der Waals surface area (Å²) >= 11 is 0. The number of aliphatic hydroxyl groups is 1. The fraction of sp³-hybridized carbons (Fsp3) is 0.357. The molecule has 2 aromatic carbocycles. The molecule has 1 aromatic heterocycles. The minimum absolute atomic E-state index is 0.357. The van der Waals surface area contributed by atoms with E-state index in [9.17, 15) is 9.50 Å². The lowest BCUT2D eigenvalue weighted by Gasteiger charge is -2.44. The van der Waals surface area contributed by atoms with Crippen molar-refractivity contribution in [3.63, 3.8) is 0 Å². The number of imidazole rings is 1. The number of morpholine rings is 1. The van der Waals surface area contributed by atoms with Crippen LogP contribution in [0.2, 0.25) is 0 Å². The van der Waals surface area contributed by atoms with Gasteiger partial charge in [-0.2, -0.15) is 0 Å². The fourth-order valence-corrected chi connectivity index (χ4v) is 5.08. The molecule has 1 spiro atoms. The number of fused-ring (bicyclic) bond motifs is 1. The van der Waals surface area contributed by atoms with Crippen LogP contribution in [0.1, 0.15) is 43.5 Å². The third-order valence-corrected chi connectivity index (χ3v) is 7.12. The number of rotatable bonds is 6. The van der Waals surface area contributed by atoms with Gasteiger partial charge in [-0.1, -0.05) is 11.2 Å². The Morgan fingerprint density at radius 3 is 2.65 bits per heavy atom. The third kappa shape index (κ3) is 3.94. The number of aryl methyl sites for hydroxylation is 1. The number of aliphatic hydroxyl groups excluding tert-OH is 1. The molecule has 2 unspecified atom stereocenters. The highest BCUT2D eigenvalue weighted by atomic mass is 19.1. The molecule has 192 valence electrons. The van der Waals surface area contributed by atoms with Crippen molar-refractivity contribution in [1.29, 1.82) is 0 Å². The summed E-state index contributed by atoms with van der Waals surface area (Å²) in [5.74, 6) is 1.42. The molecule has 3 heterocycles. The van der Waals surface area contributed by atoms with Crippen molar-refractivity contribution >= 4 is 11.9 Å². The average molecular weight is 505 g/mol. The van der Waals surface area contributed by atoms with Crippen LogP contribution in [-0.4, -0.2) is 50.2 Å². The van der Waals surface area contributed by atoms with E-state index in [0.29, 0.717) is 30.3 Å². The number of aromatic nitrogens is 2. The van der Waals surface area contributed by atoms with Crippen LogP contribution in [0.15, 0.2) is 65.9 Å². The van der Waals surface area contributed by atoms with E-state index in [1.807, 2.05) is 53.8 Å². The second-order valence-corrected chi connectivity index (χ2v) is 9.85. The second-order valence-electron chi connectivity index (χ2n) is 9.85. The molecule has 8 nitrogen and oxygen atoms in total. The SMILES string of the molecule is CCOc1cc(/C=C2\OC3(CC3)CN3C2=NOC3(c2ccc(F)cc2)C(C)O)ccc1-n1cnc(C)c1. The fourth-order valence-electron chi connectivity index (χ4n) is 5.08. The van der Waals surface area contributed by atoms with Crippen LogP contribution in [0.5, 0.6) is 5.75 Å². The summed E-state index contributed by atoms with van der Waals surface area (Å²) in [6.07, 6.45) is 6.46. The number of hydrogen-bond acceptors (Lipinski definition) is 7. The van der Waals surface area contributed by atoms with Crippen LogP contribution in [-0.2, 0) is 15.3 Å². The average Bonchev–Trinajstić information content (AvgIpc) is 3.28. The van der Waals surface area contributed by atoms with E-state index in [2.05, 4.69) is 10.1 Å². The third-order valence-electron chi connectivity index (χ3n) is 7.12. The largest absolute Gasteiger partial charge is 0.492 e. The van der Waals surface area contributed by atoms with E-state index in [4.69, 9.17) is 14.3 Å². The first kappa shape index (κ1) is 23.5. The Balaban J connectivity index is 1.40. The molecule has 9 heteroatoms. The van der Waals surface area contributed by atoms with Crippen LogP contribution in [0.4, 0.5) is 4.39 Å². The quantitative estimate of drug-likeness (QED) is 0.532. The number of ether oxygens (including phenoxy) is 2. The number of hydrogen-bond donors (Lipinski definition) is 1. The van der Waals surface area contributed by atoms with Crippen molar-refractivity contribution in [2.75, 3.05) is 13.2 Å². The van der Waals surface area contributed by atoms with Crippen LogP contribution in [0.25, 0.3) is 11.8 Å². The summed E-state index contributed by atoms with van der Waals surface area (Å²) in [5.41, 5.74) is 1.65. The summed E-state index contributed by atoms with van der Waals surface area (Å²) < 4.78 is 28.1. The molecule has 1 N–H and O–H groups in total. The maximum absolute atomic E-state index is 13.7. The normalized spacial score (nSPS) is 23.3. The number of halogens is 1. The molecule has 1 aliphatic carbocycles. The van der Waals surface area contributed by atoms with Gasteiger partial charge in [0.25, 0.3) is 5.72 Å². The standard InChI is InChI=1S/C28H29FN4O4/c1-4-35-24-13-20(5-10-23(24)32-15-18(2)30-17-32)14-25-26-31-37-28(19(3)34,21-6-8-22(29)9-7-21)33(26)16-27(36-25)11-12-27/h5-10,13-15,17,19,34H,4,11-12,16H2,1-3H3/b25-14-. The van der Waals surface area contributed by atoms with Crippen molar-refractivity contribution in [2.24, 2.45) is 5.16 Å². The molecule has 1 saturated carbocycles. The second kappa shape index (κ2) is 8.62. The summed E-state index contributed by atoms with van der Waals surface area (Å²) in [6, 6.07) is 11.9. The molecule has 3 aromatic rings. The van der Waals surface area contributed by atoms with Crippen molar-refractivity contribution < 1.29 is 23.8 Å². The monoisotopic (exact) mass is 504 g/mol. The van der Waals surface area contributed by atoms with Gasteiger partial charge < -0.3 is 28.9 Å². The van der Waals surface area contributed by atoms with Gasteiger partial charge in [0.05, 0.1) is 30.9 Å². The molecule has 1 saturated heterocycles. The highest BCUT2D eigenvalue weighted by molar-refractivity contribution is 6.02. The smallest absolute Gasteiger partial charge is 0.263 e. The Kier molecular flexibility index (Phi) is 5.49. The number of oxime groups is 1. The highest BCUT2D eigenvalue weighted by Gasteiger charge is 2.61. The Labute approximate surface area is 214 Å². The lowest BCUT2D eigenvalue weighted by Crippen LogP contribution is -2.58. The minimum atomic E-state index is -1.28. The van der Waals surface area contributed by atoms with Crippen LogP contribution >= 0.6 is 0 Å². The summed E-state index contributed by atoms with van der Waals surface area (Å²) in [4.78, 5) is 12.3. The Morgan fingerprint density at radius 1 is 1.22 bits per heavy atom. The molecule has 2 atom stereocenters. The minimum Gasteiger partial charge on any atom is -0.492 e. The van der Waals surface area contributed by atoms with Crippen molar-refractivity contribution in [3.8, 4) is 11.4 Å². The first-order valence-electron chi connectivity index (χ1n) is 12.5. The molecular weight excluding hydrogens is 475 g/mol. The van der Waals surface area contributed by atoms with Crippen molar-refractivity contribution in [3.05, 3.63) is 83.4 Å². The van der Waals surface area contributed by atoms with E-state index in [-0.39, 0.29) is 11.4 Å². The van der Waals surface area contributed by atoms with E-state index in [1.54, 1.807) is 25.4 Å². The molecule has 0 bridgehead atoms. The summed E-state index contributed by atoms with van der Waals surface area (Å²) in [5, 5.41) is 15.3. The molecule has 2 fully saturated rings. The molecule has 37 heavy (non-hydrogen) atoms. The van der Waals surface area contributed by atoms with Gasteiger partial charge in [0, 0.05) is 11.8 Å². The predicted molar refractivity (Wildman–Crippen MR) is 135 cm³/mol. The van der Waals surface area contributed by atoms with Crippen LogP contribution < -0.4 is 4.74 Å². The van der Waals surface area contributed by atoms with Gasteiger partial charge in [-0.3, -0.25) is 0 Å². The lowest BCUT2D eigenvalue weighted by atomic mass is 9.94.